The molecule has 0 bridgehead atoms. The number of hydrogen-bond donors (Lipinski definition) is 1. The molecule has 0 saturated heterocycles. The molecule has 1 aliphatic rings. The van der Waals surface area contributed by atoms with Crippen molar-refractivity contribution in [2.75, 3.05) is 18.1 Å². The summed E-state index contributed by atoms with van der Waals surface area (Å²) in [5.41, 5.74) is -1.71. The number of anilines is 1. The van der Waals surface area contributed by atoms with Crippen molar-refractivity contribution in [3.05, 3.63) is 70.0 Å². The van der Waals surface area contributed by atoms with Gasteiger partial charge in [-0.1, -0.05) is 30.3 Å². The van der Waals surface area contributed by atoms with Crippen LogP contribution < -0.4 is 15.2 Å². The summed E-state index contributed by atoms with van der Waals surface area (Å²) >= 11 is 0. The van der Waals surface area contributed by atoms with Gasteiger partial charge in [0.2, 0.25) is 5.56 Å². The number of rotatable bonds is 3. The zero-order chi connectivity index (χ0) is 22.4. The second-order valence-electron chi connectivity index (χ2n) is 7.28. The van der Waals surface area contributed by atoms with E-state index in [0.717, 1.165) is 10.5 Å². The lowest BCUT2D eigenvalue weighted by Crippen LogP contribution is -2.48. The summed E-state index contributed by atoms with van der Waals surface area (Å²) in [5.74, 6) is -0.324. The van der Waals surface area contributed by atoms with Gasteiger partial charge in [0.05, 0.1) is 28.2 Å². The number of aromatic nitrogens is 1. The molecule has 0 spiro atoms. The van der Waals surface area contributed by atoms with Crippen LogP contribution in [0.25, 0.3) is 10.9 Å². The Kier molecular flexibility index (Phi) is 5.10. The molecule has 1 aliphatic heterocycles. The summed E-state index contributed by atoms with van der Waals surface area (Å²) in [6.07, 6.45) is -9.26. The van der Waals surface area contributed by atoms with Gasteiger partial charge in [-0.2, -0.15) is 26.3 Å². The predicted octanol–water partition coefficient (Wildman–Crippen LogP) is 4.92. The molecule has 10 heteroatoms. The summed E-state index contributed by atoms with van der Waals surface area (Å²) in [4.78, 5) is 15.0. The topological polar surface area (TPSA) is 45.3 Å². The van der Waals surface area contributed by atoms with Crippen molar-refractivity contribution < 1.29 is 31.1 Å². The van der Waals surface area contributed by atoms with Gasteiger partial charge in [0.1, 0.15) is 13.2 Å². The normalized spacial score (nSPS) is 16.8. The molecule has 1 aromatic heterocycles. The molecular formula is C21H16F6N2O2. The van der Waals surface area contributed by atoms with Crippen molar-refractivity contribution in [1.82, 2.24) is 4.98 Å². The molecule has 2 heterocycles. The van der Waals surface area contributed by atoms with Gasteiger partial charge in [-0.25, -0.2) is 0 Å². The molecule has 0 unspecified atom stereocenters. The second kappa shape index (κ2) is 7.51. The molecule has 4 rings (SSSR count). The summed E-state index contributed by atoms with van der Waals surface area (Å²) in [6, 6.07) is 10.8. The highest BCUT2D eigenvalue weighted by atomic mass is 19.4. The Balaban J connectivity index is 1.87. The van der Waals surface area contributed by atoms with E-state index in [0.29, 0.717) is 6.07 Å². The van der Waals surface area contributed by atoms with Crippen LogP contribution in [0.4, 0.5) is 32.0 Å². The van der Waals surface area contributed by atoms with Crippen LogP contribution in [0.3, 0.4) is 0 Å². The number of hydrogen-bond acceptors (Lipinski definition) is 3. The van der Waals surface area contributed by atoms with Crippen LogP contribution in [0, 0.1) is 0 Å². The molecule has 0 radical (unpaired) electrons. The maximum Gasteiger partial charge on any atom is 0.417 e. The van der Waals surface area contributed by atoms with Crippen molar-refractivity contribution in [3.63, 3.8) is 0 Å². The fourth-order valence-corrected chi connectivity index (χ4v) is 3.84. The number of pyridine rings is 1. The van der Waals surface area contributed by atoms with Crippen molar-refractivity contribution in [2.45, 2.75) is 24.8 Å². The molecule has 0 amide bonds. The van der Waals surface area contributed by atoms with Gasteiger partial charge in [-0.3, -0.25) is 4.79 Å². The van der Waals surface area contributed by atoms with E-state index in [4.69, 9.17) is 4.74 Å². The third kappa shape index (κ3) is 4.33. The van der Waals surface area contributed by atoms with Gasteiger partial charge >= 0.3 is 12.4 Å². The summed E-state index contributed by atoms with van der Waals surface area (Å²) in [5, 5.41) is -0.463. The van der Waals surface area contributed by atoms with Crippen LogP contribution in [0.15, 0.2) is 53.3 Å². The van der Waals surface area contributed by atoms with E-state index < -0.39 is 41.4 Å². The van der Waals surface area contributed by atoms with Crippen molar-refractivity contribution in [2.24, 2.45) is 0 Å². The Labute approximate surface area is 172 Å². The van der Waals surface area contributed by atoms with Gasteiger partial charge in [-0.15, -0.1) is 0 Å². The Morgan fingerprint density at radius 1 is 1.03 bits per heavy atom. The smallest absolute Gasteiger partial charge is 0.417 e. The predicted molar refractivity (Wildman–Crippen MR) is 102 cm³/mol. The van der Waals surface area contributed by atoms with Crippen LogP contribution in [-0.2, 0) is 12.6 Å². The first kappa shape index (κ1) is 21.1. The number of H-pyrrole nitrogens is 1. The zero-order valence-corrected chi connectivity index (χ0v) is 15.8. The Bertz CT molecular complexity index is 1150. The third-order valence-corrected chi connectivity index (χ3v) is 5.08. The molecule has 31 heavy (non-hydrogen) atoms. The van der Waals surface area contributed by atoms with Crippen LogP contribution in [-0.4, -0.2) is 30.4 Å². The minimum absolute atomic E-state index is 0.102. The largest absolute Gasteiger partial charge is 0.489 e. The van der Waals surface area contributed by atoms with E-state index in [1.54, 1.807) is 30.3 Å². The average molecular weight is 442 g/mol. The fraction of sp³-hybridized carbons (Fsp3) is 0.286. The molecule has 0 aliphatic carbocycles. The number of alkyl halides is 6. The van der Waals surface area contributed by atoms with Crippen molar-refractivity contribution >= 4 is 16.6 Å². The Hall–Kier alpha value is -3.17. The lowest BCUT2D eigenvalue weighted by Gasteiger charge is -2.39. The van der Waals surface area contributed by atoms with Gasteiger partial charge in [-0.05, 0) is 24.1 Å². The van der Waals surface area contributed by atoms with E-state index >= 15 is 0 Å². The molecule has 1 atom stereocenters. The maximum absolute atomic E-state index is 13.6. The molecule has 1 N–H and O–H groups in total. The van der Waals surface area contributed by atoms with Crippen LogP contribution >= 0.6 is 0 Å². The Morgan fingerprint density at radius 2 is 1.74 bits per heavy atom. The minimum atomic E-state index is -4.89. The number of benzene rings is 2. The molecule has 3 aromatic rings. The van der Waals surface area contributed by atoms with Crippen molar-refractivity contribution in [1.29, 1.82) is 0 Å². The van der Waals surface area contributed by atoms with Crippen molar-refractivity contribution in [3.8, 4) is 5.75 Å². The number of nitrogens with one attached hydrogen (secondary N) is 1. The highest BCUT2D eigenvalue weighted by Crippen LogP contribution is 2.45. The number of fused-ring (bicyclic) bond motifs is 3. The second-order valence-corrected chi connectivity index (χ2v) is 7.28. The zero-order valence-electron chi connectivity index (χ0n) is 15.8. The fourth-order valence-electron chi connectivity index (χ4n) is 3.84. The first-order valence-electron chi connectivity index (χ1n) is 9.30. The first-order chi connectivity index (χ1) is 14.5. The van der Waals surface area contributed by atoms with Crippen LogP contribution in [0.2, 0.25) is 0 Å². The highest BCUT2D eigenvalue weighted by Gasteiger charge is 2.40. The summed E-state index contributed by atoms with van der Waals surface area (Å²) in [6.45, 7) is -1.59. The summed E-state index contributed by atoms with van der Waals surface area (Å²) < 4.78 is 86.5. The van der Waals surface area contributed by atoms with E-state index in [9.17, 15) is 31.1 Å². The van der Waals surface area contributed by atoms with Gasteiger partial charge in [0.25, 0.3) is 0 Å². The average Bonchev–Trinajstić information content (AvgIpc) is 2.67. The highest BCUT2D eigenvalue weighted by molar-refractivity contribution is 5.94. The number of ether oxygens (including phenoxy) is 1. The van der Waals surface area contributed by atoms with E-state index in [-0.39, 0.29) is 30.0 Å². The van der Waals surface area contributed by atoms with Gasteiger partial charge in [0, 0.05) is 6.07 Å². The van der Waals surface area contributed by atoms with Gasteiger partial charge < -0.3 is 14.6 Å². The standard InChI is InChI=1S/C21H16F6N2O2/c22-20(23,24)11-29-13(8-12-4-2-1-3-5-12)10-31-19-16(29)7-6-15-18(19)14(21(25,26)27)9-17(30)28-15/h1-7,9,13H,8,10-11H2,(H,28,30)/t13-/m1/s1. The van der Waals surface area contributed by atoms with Gasteiger partial charge in [0.15, 0.2) is 5.75 Å². The monoisotopic (exact) mass is 442 g/mol. The minimum Gasteiger partial charge on any atom is -0.489 e. The van der Waals surface area contributed by atoms with E-state index in [2.05, 4.69) is 4.98 Å². The Morgan fingerprint density at radius 3 is 2.39 bits per heavy atom. The number of nitrogens with zero attached hydrogens (tertiary/aromatic N) is 1. The number of halogens is 6. The molecule has 0 fully saturated rings. The molecule has 2 aromatic carbocycles. The maximum atomic E-state index is 13.6. The molecule has 0 saturated carbocycles. The van der Waals surface area contributed by atoms with E-state index in [1.807, 2.05) is 0 Å². The summed E-state index contributed by atoms with van der Waals surface area (Å²) in [7, 11) is 0. The molecular weight excluding hydrogens is 426 g/mol. The molecule has 4 nitrogen and oxygen atoms in total. The van der Waals surface area contributed by atoms with Crippen LogP contribution in [0.1, 0.15) is 11.1 Å². The lowest BCUT2D eigenvalue weighted by molar-refractivity contribution is -0.136. The van der Waals surface area contributed by atoms with E-state index in [1.165, 1.54) is 12.1 Å². The first-order valence-corrected chi connectivity index (χ1v) is 9.30. The van der Waals surface area contributed by atoms with Crippen LogP contribution in [0.5, 0.6) is 5.75 Å². The third-order valence-electron chi connectivity index (χ3n) is 5.08. The molecule has 164 valence electrons. The number of aromatic amines is 1. The quantitative estimate of drug-likeness (QED) is 0.586. The SMILES string of the molecule is O=c1cc(C(F)(F)F)c2c3c(ccc2[nH]1)N(CC(F)(F)F)[C@H](Cc1ccccc1)CO3. The lowest BCUT2D eigenvalue weighted by atomic mass is 10.00.